The summed E-state index contributed by atoms with van der Waals surface area (Å²) >= 11 is 0. The van der Waals surface area contributed by atoms with E-state index in [2.05, 4.69) is 20.8 Å². The predicted octanol–water partition coefficient (Wildman–Crippen LogP) is 8.23. The first-order valence-electron chi connectivity index (χ1n) is 11.8. The molecule has 0 aromatic heterocycles. The average Bonchev–Trinajstić information content (AvgIpc) is 2.62. The van der Waals surface area contributed by atoms with Gasteiger partial charge < -0.3 is 4.74 Å². The van der Waals surface area contributed by atoms with Crippen molar-refractivity contribution in [2.45, 2.75) is 136 Å². The minimum atomic E-state index is 0.00319. The maximum atomic E-state index is 11.6. The molecule has 2 nitrogen and oxygen atoms in total. The number of hydrogen-bond donors (Lipinski definition) is 0. The van der Waals surface area contributed by atoms with Gasteiger partial charge in [0, 0.05) is 6.42 Å². The fraction of sp³-hybridized carbons (Fsp3) is 0.958. The second-order valence-electron chi connectivity index (χ2n) is 8.46. The van der Waals surface area contributed by atoms with Gasteiger partial charge in [-0.15, -0.1) is 0 Å². The van der Waals surface area contributed by atoms with Crippen LogP contribution in [0.25, 0.3) is 0 Å². The van der Waals surface area contributed by atoms with Crippen LogP contribution < -0.4 is 0 Å². The molecule has 0 saturated carbocycles. The minimum Gasteiger partial charge on any atom is -0.466 e. The Labute approximate surface area is 164 Å². The highest BCUT2D eigenvalue weighted by Gasteiger charge is 2.03. The Morgan fingerprint density at radius 2 is 1.08 bits per heavy atom. The van der Waals surface area contributed by atoms with Crippen molar-refractivity contribution < 1.29 is 9.53 Å². The molecule has 0 fully saturated rings. The van der Waals surface area contributed by atoms with Crippen LogP contribution in [0.2, 0.25) is 0 Å². The van der Waals surface area contributed by atoms with Crippen LogP contribution in [0.3, 0.4) is 0 Å². The van der Waals surface area contributed by atoms with Crippen LogP contribution in [-0.2, 0) is 9.53 Å². The highest BCUT2D eigenvalue weighted by atomic mass is 16.5. The third-order valence-electron chi connectivity index (χ3n) is 5.17. The molecule has 0 aromatic carbocycles. The monoisotopic (exact) mass is 368 g/mol. The van der Waals surface area contributed by atoms with Gasteiger partial charge in [0.15, 0.2) is 0 Å². The smallest absolute Gasteiger partial charge is 0.305 e. The molecule has 0 spiro atoms. The third kappa shape index (κ3) is 21.5. The first-order valence-corrected chi connectivity index (χ1v) is 11.8. The molecule has 0 unspecified atom stereocenters. The van der Waals surface area contributed by atoms with Crippen molar-refractivity contribution in [3.63, 3.8) is 0 Å². The number of esters is 1. The third-order valence-corrected chi connectivity index (χ3v) is 5.17. The summed E-state index contributed by atoms with van der Waals surface area (Å²) in [5.74, 6) is 0.702. The Morgan fingerprint density at radius 1 is 0.654 bits per heavy atom. The molecule has 0 rings (SSSR count). The molecule has 2 heteroatoms. The number of hydrogen-bond acceptors (Lipinski definition) is 2. The maximum Gasteiger partial charge on any atom is 0.305 e. The lowest BCUT2D eigenvalue weighted by Crippen LogP contribution is -2.06. The van der Waals surface area contributed by atoms with Crippen molar-refractivity contribution in [1.29, 1.82) is 0 Å². The van der Waals surface area contributed by atoms with Gasteiger partial charge in [-0.2, -0.15) is 0 Å². The lowest BCUT2D eigenvalue weighted by atomic mass is 10.0. The molecule has 0 amide bonds. The predicted molar refractivity (Wildman–Crippen MR) is 115 cm³/mol. The van der Waals surface area contributed by atoms with Gasteiger partial charge in [0.05, 0.1) is 6.61 Å². The van der Waals surface area contributed by atoms with Crippen molar-refractivity contribution in [3.8, 4) is 0 Å². The van der Waals surface area contributed by atoms with Crippen LogP contribution in [-0.4, -0.2) is 12.6 Å². The van der Waals surface area contributed by atoms with Gasteiger partial charge >= 0.3 is 5.97 Å². The number of rotatable bonds is 20. The van der Waals surface area contributed by atoms with Crippen molar-refractivity contribution in [1.82, 2.24) is 0 Å². The van der Waals surface area contributed by atoms with Crippen molar-refractivity contribution in [3.05, 3.63) is 0 Å². The Kier molecular flexibility index (Phi) is 20.4. The first kappa shape index (κ1) is 25.5. The van der Waals surface area contributed by atoms with Gasteiger partial charge in [0.2, 0.25) is 0 Å². The van der Waals surface area contributed by atoms with Crippen molar-refractivity contribution >= 4 is 5.97 Å². The molecule has 0 aliphatic rings. The first-order chi connectivity index (χ1) is 12.7. The molecule has 156 valence electrons. The van der Waals surface area contributed by atoms with Crippen LogP contribution in [0.15, 0.2) is 0 Å². The Morgan fingerprint density at radius 3 is 1.50 bits per heavy atom. The van der Waals surface area contributed by atoms with Gasteiger partial charge in [-0.1, -0.05) is 111 Å². The summed E-state index contributed by atoms with van der Waals surface area (Å²) in [4.78, 5) is 11.6. The zero-order valence-electron chi connectivity index (χ0n) is 18.3. The van der Waals surface area contributed by atoms with Crippen LogP contribution >= 0.6 is 0 Å². The van der Waals surface area contributed by atoms with E-state index in [-0.39, 0.29) is 5.97 Å². The summed E-state index contributed by atoms with van der Waals surface area (Å²) in [6.07, 6.45) is 23.1. The molecule has 0 atom stereocenters. The highest BCUT2D eigenvalue weighted by molar-refractivity contribution is 5.69. The highest BCUT2D eigenvalue weighted by Crippen LogP contribution is 2.14. The molecule has 0 aliphatic heterocycles. The maximum absolute atomic E-state index is 11.6. The molecule has 0 aromatic rings. The summed E-state index contributed by atoms with van der Waals surface area (Å²) in [5, 5.41) is 0. The number of carbonyl (C=O) groups is 1. The zero-order chi connectivity index (χ0) is 19.3. The number of unbranched alkanes of at least 4 members (excludes halogenated alkanes) is 14. The summed E-state index contributed by atoms with van der Waals surface area (Å²) in [5.41, 5.74) is 0. The van der Waals surface area contributed by atoms with Crippen LogP contribution in [0.1, 0.15) is 136 Å². The van der Waals surface area contributed by atoms with E-state index in [0.29, 0.717) is 18.9 Å². The van der Waals surface area contributed by atoms with Crippen LogP contribution in [0, 0.1) is 5.92 Å². The van der Waals surface area contributed by atoms with Gasteiger partial charge in [-0.25, -0.2) is 0 Å². The second kappa shape index (κ2) is 20.8. The standard InChI is InChI=1S/C24H48O2/c1-4-5-6-7-8-9-10-11-12-13-14-15-16-17-18-21-24(25)26-22-19-20-23(2)3/h23H,4-22H2,1-3H3. The lowest BCUT2D eigenvalue weighted by molar-refractivity contribution is -0.143. The Bertz CT molecular complexity index is 286. The Balaban J connectivity index is 3.11. The molecular formula is C24H48O2. The molecule has 0 saturated heterocycles. The molecule has 0 heterocycles. The van der Waals surface area contributed by atoms with E-state index in [0.717, 1.165) is 19.3 Å². The second-order valence-corrected chi connectivity index (χ2v) is 8.46. The van der Waals surface area contributed by atoms with E-state index in [1.165, 1.54) is 89.9 Å². The summed E-state index contributed by atoms with van der Waals surface area (Å²) in [6, 6.07) is 0. The SMILES string of the molecule is CCCCCCCCCCCCCCCCCC(=O)OCCCC(C)C. The number of carbonyl (C=O) groups excluding carboxylic acids is 1. The minimum absolute atomic E-state index is 0.00319. The molecular weight excluding hydrogens is 320 g/mol. The van der Waals surface area contributed by atoms with Crippen LogP contribution in [0.4, 0.5) is 0 Å². The fourth-order valence-electron chi connectivity index (χ4n) is 3.39. The number of ether oxygens (including phenoxy) is 1. The summed E-state index contributed by atoms with van der Waals surface area (Å²) < 4.78 is 5.27. The molecule has 0 N–H and O–H groups in total. The van der Waals surface area contributed by atoms with Crippen LogP contribution in [0.5, 0.6) is 0 Å². The van der Waals surface area contributed by atoms with Crippen molar-refractivity contribution in [2.24, 2.45) is 5.92 Å². The van der Waals surface area contributed by atoms with Gasteiger partial charge in [0.25, 0.3) is 0 Å². The van der Waals surface area contributed by atoms with Gasteiger partial charge in [0.1, 0.15) is 0 Å². The van der Waals surface area contributed by atoms with E-state index in [1.807, 2.05) is 0 Å². The van der Waals surface area contributed by atoms with Gasteiger partial charge in [-0.05, 0) is 25.2 Å². The van der Waals surface area contributed by atoms with Crippen molar-refractivity contribution in [2.75, 3.05) is 6.61 Å². The van der Waals surface area contributed by atoms with E-state index < -0.39 is 0 Å². The van der Waals surface area contributed by atoms with E-state index in [1.54, 1.807) is 0 Å². The molecule has 0 radical (unpaired) electrons. The molecule has 0 aliphatic carbocycles. The molecule has 26 heavy (non-hydrogen) atoms. The average molecular weight is 369 g/mol. The van der Waals surface area contributed by atoms with E-state index in [4.69, 9.17) is 4.74 Å². The lowest BCUT2D eigenvalue weighted by Gasteiger charge is -2.06. The largest absolute Gasteiger partial charge is 0.466 e. The zero-order valence-corrected chi connectivity index (χ0v) is 18.3. The summed E-state index contributed by atoms with van der Waals surface area (Å²) in [7, 11) is 0. The van der Waals surface area contributed by atoms with Gasteiger partial charge in [-0.3, -0.25) is 4.79 Å². The molecule has 0 bridgehead atoms. The van der Waals surface area contributed by atoms with E-state index >= 15 is 0 Å². The Hall–Kier alpha value is -0.530. The van der Waals surface area contributed by atoms with E-state index in [9.17, 15) is 4.79 Å². The topological polar surface area (TPSA) is 26.3 Å². The fourth-order valence-corrected chi connectivity index (χ4v) is 3.39. The quantitative estimate of drug-likeness (QED) is 0.160. The normalized spacial score (nSPS) is 11.2. The summed E-state index contributed by atoms with van der Waals surface area (Å²) in [6.45, 7) is 7.30.